The normalized spacial score (nSPS) is 17.8. The summed E-state index contributed by atoms with van der Waals surface area (Å²) in [5, 5.41) is 3.36. The number of carbonyl (C=O) groups excluding carboxylic acids is 1. The number of fused-ring (bicyclic) bond motifs is 1. The van der Waals surface area contributed by atoms with Crippen LogP contribution in [-0.2, 0) is 11.2 Å². The zero-order chi connectivity index (χ0) is 13.0. The maximum atomic E-state index is 12.3. The van der Waals surface area contributed by atoms with Gasteiger partial charge in [0, 0.05) is 25.8 Å². The lowest BCUT2D eigenvalue weighted by Crippen LogP contribution is -2.39. The molecule has 1 aliphatic heterocycles. The molecular formula is C15H22N2O. The van der Waals surface area contributed by atoms with Crippen LogP contribution in [0.2, 0.25) is 0 Å². The van der Waals surface area contributed by atoms with E-state index in [9.17, 15) is 4.79 Å². The van der Waals surface area contributed by atoms with E-state index < -0.39 is 0 Å². The Morgan fingerprint density at radius 1 is 1.44 bits per heavy atom. The largest absolute Gasteiger partial charge is 0.384 e. The van der Waals surface area contributed by atoms with E-state index >= 15 is 0 Å². The number of hydrogen-bond donors (Lipinski definition) is 1. The molecule has 1 aliphatic rings. The van der Waals surface area contributed by atoms with E-state index in [2.05, 4.69) is 24.4 Å². The van der Waals surface area contributed by atoms with Crippen LogP contribution >= 0.6 is 0 Å². The van der Waals surface area contributed by atoms with Gasteiger partial charge < -0.3 is 10.2 Å². The van der Waals surface area contributed by atoms with Crippen molar-refractivity contribution in [3.05, 3.63) is 29.8 Å². The quantitative estimate of drug-likeness (QED) is 0.885. The highest BCUT2D eigenvalue weighted by atomic mass is 16.2. The summed E-state index contributed by atoms with van der Waals surface area (Å²) in [5.74, 6) is 0.354. The van der Waals surface area contributed by atoms with Gasteiger partial charge in [-0.05, 0) is 24.5 Å². The summed E-state index contributed by atoms with van der Waals surface area (Å²) in [6.45, 7) is 3.77. The topological polar surface area (TPSA) is 32.3 Å². The lowest BCUT2D eigenvalue weighted by atomic mass is 9.93. The Labute approximate surface area is 109 Å². The molecule has 0 aliphatic carbocycles. The van der Waals surface area contributed by atoms with Gasteiger partial charge in [0.2, 0.25) is 5.91 Å². The van der Waals surface area contributed by atoms with Crippen molar-refractivity contribution >= 4 is 11.6 Å². The Morgan fingerprint density at radius 3 is 3.00 bits per heavy atom. The monoisotopic (exact) mass is 246 g/mol. The number of unbranched alkanes of at least 4 members (excludes halogenated alkanes) is 1. The molecule has 1 amide bonds. The SMILES string of the molecule is CCCCN(C)C(=O)C1CNc2ccccc2C1. The molecule has 3 nitrogen and oxygen atoms in total. The molecule has 1 atom stereocenters. The first-order chi connectivity index (χ1) is 8.72. The second-order valence-corrected chi connectivity index (χ2v) is 5.05. The van der Waals surface area contributed by atoms with Gasteiger partial charge in [-0.2, -0.15) is 0 Å². The Hall–Kier alpha value is -1.51. The summed E-state index contributed by atoms with van der Waals surface area (Å²) in [4.78, 5) is 14.2. The maximum Gasteiger partial charge on any atom is 0.227 e. The molecule has 1 unspecified atom stereocenters. The third kappa shape index (κ3) is 2.84. The summed E-state index contributed by atoms with van der Waals surface area (Å²) < 4.78 is 0. The van der Waals surface area contributed by atoms with Crippen molar-refractivity contribution in [1.29, 1.82) is 0 Å². The molecule has 1 N–H and O–H groups in total. The Kier molecular flexibility index (Phi) is 4.24. The standard InChI is InChI=1S/C15H22N2O/c1-3-4-9-17(2)15(18)13-10-12-7-5-6-8-14(12)16-11-13/h5-8,13,16H,3-4,9-11H2,1-2H3. The van der Waals surface area contributed by atoms with E-state index in [4.69, 9.17) is 0 Å². The number of carbonyl (C=O) groups is 1. The van der Waals surface area contributed by atoms with E-state index in [-0.39, 0.29) is 11.8 Å². The first-order valence-electron chi connectivity index (χ1n) is 6.79. The third-order valence-electron chi connectivity index (χ3n) is 3.60. The zero-order valence-electron chi connectivity index (χ0n) is 11.3. The van der Waals surface area contributed by atoms with Crippen LogP contribution in [0.5, 0.6) is 0 Å². The van der Waals surface area contributed by atoms with Gasteiger partial charge in [-0.3, -0.25) is 4.79 Å². The first-order valence-corrected chi connectivity index (χ1v) is 6.79. The van der Waals surface area contributed by atoms with Crippen molar-refractivity contribution in [1.82, 2.24) is 4.90 Å². The molecule has 1 aromatic rings. The number of benzene rings is 1. The number of nitrogens with zero attached hydrogens (tertiary/aromatic N) is 1. The van der Waals surface area contributed by atoms with E-state index in [0.717, 1.165) is 32.4 Å². The number of amides is 1. The summed E-state index contributed by atoms with van der Waals surface area (Å²) in [5.41, 5.74) is 2.43. The lowest BCUT2D eigenvalue weighted by molar-refractivity contribution is -0.133. The van der Waals surface area contributed by atoms with Crippen LogP contribution in [0.1, 0.15) is 25.3 Å². The summed E-state index contributed by atoms with van der Waals surface area (Å²) in [6, 6.07) is 8.25. The van der Waals surface area contributed by atoms with Crippen molar-refractivity contribution in [2.75, 3.05) is 25.5 Å². The number of anilines is 1. The third-order valence-corrected chi connectivity index (χ3v) is 3.60. The predicted molar refractivity (Wildman–Crippen MR) is 74.7 cm³/mol. The van der Waals surface area contributed by atoms with Crippen LogP contribution in [0.15, 0.2) is 24.3 Å². The van der Waals surface area contributed by atoms with Crippen molar-refractivity contribution < 1.29 is 4.79 Å². The molecule has 1 aromatic carbocycles. The molecule has 0 bridgehead atoms. The molecule has 18 heavy (non-hydrogen) atoms. The predicted octanol–water partition coefficient (Wildman–Crippen LogP) is 2.53. The smallest absolute Gasteiger partial charge is 0.227 e. The minimum absolute atomic E-state index is 0.0850. The van der Waals surface area contributed by atoms with Gasteiger partial charge in [0.1, 0.15) is 0 Å². The van der Waals surface area contributed by atoms with Crippen molar-refractivity contribution in [2.45, 2.75) is 26.2 Å². The molecule has 0 saturated heterocycles. The van der Waals surface area contributed by atoms with Gasteiger partial charge in [-0.1, -0.05) is 31.5 Å². The fourth-order valence-electron chi connectivity index (χ4n) is 2.43. The fraction of sp³-hybridized carbons (Fsp3) is 0.533. The average Bonchev–Trinajstić information content (AvgIpc) is 2.43. The summed E-state index contributed by atoms with van der Waals surface area (Å²) in [6.07, 6.45) is 3.07. The number of nitrogens with one attached hydrogen (secondary N) is 1. The van der Waals surface area contributed by atoms with E-state index in [1.807, 2.05) is 24.1 Å². The molecule has 0 spiro atoms. The molecule has 2 rings (SSSR count). The minimum Gasteiger partial charge on any atom is -0.384 e. The Morgan fingerprint density at radius 2 is 2.22 bits per heavy atom. The van der Waals surface area contributed by atoms with Crippen LogP contribution < -0.4 is 5.32 Å². The summed E-state index contributed by atoms with van der Waals surface area (Å²) in [7, 11) is 1.92. The van der Waals surface area contributed by atoms with E-state index in [1.54, 1.807) is 0 Å². The lowest BCUT2D eigenvalue weighted by Gasteiger charge is -2.29. The van der Waals surface area contributed by atoms with Gasteiger partial charge in [0.25, 0.3) is 0 Å². The number of hydrogen-bond acceptors (Lipinski definition) is 2. The molecule has 98 valence electrons. The molecular weight excluding hydrogens is 224 g/mol. The van der Waals surface area contributed by atoms with Gasteiger partial charge in [0.15, 0.2) is 0 Å². The van der Waals surface area contributed by atoms with Gasteiger partial charge in [-0.15, -0.1) is 0 Å². The highest BCUT2D eigenvalue weighted by Crippen LogP contribution is 2.25. The average molecular weight is 246 g/mol. The van der Waals surface area contributed by atoms with Crippen LogP contribution in [0, 0.1) is 5.92 Å². The highest BCUT2D eigenvalue weighted by molar-refractivity contribution is 5.80. The summed E-state index contributed by atoms with van der Waals surface area (Å²) >= 11 is 0. The zero-order valence-corrected chi connectivity index (χ0v) is 11.3. The Bertz CT molecular complexity index is 417. The number of rotatable bonds is 4. The van der Waals surface area contributed by atoms with Crippen molar-refractivity contribution in [3.63, 3.8) is 0 Å². The molecule has 0 fully saturated rings. The van der Waals surface area contributed by atoms with E-state index in [1.165, 1.54) is 11.3 Å². The van der Waals surface area contributed by atoms with Crippen LogP contribution in [-0.4, -0.2) is 30.9 Å². The molecule has 0 radical (unpaired) electrons. The minimum atomic E-state index is 0.0850. The molecule has 1 heterocycles. The second-order valence-electron chi connectivity index (χ2n) is 5.05. The molecule has 0 aromatic heterocycles. The fourth-order valence-corrected chi connectivity index (χ4v) is 2.43. The van der Waals surface area contributed by atoms with Crippen molar-refractivity contribution in [3.8, 4) is 0 Å². The van der Waals surface area contributed by atoms with Crippen LogP contribution in [0.25, 0.3) is 0 Å². The molecule has 3 heteroatoms. The Balaban J connectivity index is 1.98. The highest BCUT2D eigenvalue weighted by Gasteiger charge is 2.26. The van der Waals surface area contributed by atoms with Gasteiger partial charge in [0.05, 0.1) is 5.92 Å². The van der Waals surface area contributed by atoms with Crippen molar-refractivity contribution in [2.24, 2.45) is 5.92 Å². The number of para-hydroxylation sites is 1. The molecule has 0 saturated carbocycles. The van der Waals surface area contributed by atoms with Crippen LogP contribution in [0.4, 0.5) is 5.69 Å². The van der Waals surface area contributed by atoms with E-state index in [0.29, 0.717) is 0 Å². The van der Waals surface area contributed by atoms with Gasteiger partial charge >= 0.3 is 0 Å². The second kappa shape index (κ2) is 5.89. The first kappa shape index (κ1) is 12.9. The van der Waals surface area contributed by atoms with Gasteiger partial charge in [-0.25, -0.2) is 0 Å². The maximum absolute atomic E-state index is 12.3. The van der Waals surface area contributed by atoms with Crippen LogP contribution in [0.3, 0.4) is 0 Å².